The van der Waals surface area contributed by atoms with E-state index in [0.717, 1.165) is 13.1 Å². The molecular weight excluding hydrogens is 246 g/mol. The summed E-state index contributed by atoms with van der Waals surface area (Å²) in [6.07, 6.45) is 4.85. The molecule has 0 atom stereocenters. The summed E-state index contributed by atoms with van der Waals surface area (Å²) in [6.45, 7) is 3.09. The Bertz CT molecular complexity index is 653. The number of hydrogen-bond donors (Lipinski definition) is 1. The molecule has 0 spiro atoms. The Labute approximate surface area is 109 Å². The molecule has 1 N–H and O–H groups in total. The van der Waals surface area contributed by atoms with Gasteiger partial charge in [-0.25, -0.2) is 4.52 Å². The predicted octanol–water partition coefficient (Wildman–Crippen LogP) is -1.07. The van der Waals surface area contributed by atoms with Crippen LogP contribution >= 0.6 is 0 Å². The number of hydrogen-bond acceptors (Lipinski definition) is 4. The van der Waals surface area contributed by atoms with E-state index < -0.39 is 0 Å². The second-order valence-corrected chi connectivity index (χ2v) is 4.52. The first-order valence-electron chi connectivity index (χ1n) is 6.27. The molecule has 2 aromatic heterocycles. The van der Waals surface area contributed by atoms with Crippen LogP contribution in [0.15, 0.2) is 29.5 Å². The highest BCUT2D eigenvalue weighted by atomic mass is 16.2. The van der Waals surface area contributed by atoms with Crippen LogP contribution in [-0.2, 0) is 11.3 Å². The lowest BCUT2D eigenvalue weighted by Crippen LogP contribution is -2.48. The molecule has 3 rings (SSSR count). The van der Waals surface area contributed by atoms with Gasteiger partial charge in [-0.1, -0.05) is 0 Å². The third-order valence-corrected chi connectivity index (χ3v) is 3.31. The summed E-state index contributed by atoms with van der Waals surface area (Å²) in [5.41, 5.74) is 0.291. The monoisotopic (exact) mass is 261 g/mol. The van der Waals surface area contributed by atoms with Crippen molar-refractivity contribution in [3.8, 4) is 0 Å². The maximum absolute atomic E-state index is 12.1. The van der Waals surface area contributed by atoms with Gasteiger partial charge in [0.25, 0.3) is 5.56 Å². The van der Waals surface area contributed by atoms with Crippen LogP contribution in [-0.4, -0.2) is 51.2 Å². The van der Waals surface area contributed by atoms with E-state index in [1.54, 1.807) is 29.6 Å². The summed E-state index contributed by atoms with van der Waals surface area (Å²) in [6, 6.07) is 1.65. The van der Waals surface area contributed by atoms with Gasteiger partial charge in [-0.05, 0) is 6.07 Å². The fraction of sp³-hybridized carbons (Fsp3) is 0.417. The van der Waals surface area contributed by atoms with E-state index in [1.165, 1.54) is 9.08 Å². The molecule has 2 aromatic rings. The van der Waals surface area contributed by atoms with Gasteiger partial charge < -0.3 is 14.8 Å². The molecule has 100 valence electrons. The summed E-state index contributed by atoms with van der Waals surface area (Å²) in [4.78, 5) is 26.0. The third-order valence-electron chi connectivity index (χ3n) is 3.31. The molecule has 7 nitrogen and oxygen atoms in total. The van der Waals surface area contributed by atoms with Crippen molar-refractivity contribution in [1.82, 2.24) is 24.4 Å². The van der Waals surface area contributed by atoms with Crippen LogP contribution in [0.5, 0.6) is 0 Å². The zero-order chi connectivity index (χ0) is 13.2. The maximum atomic E-state index is 12.1. The van der Waals surface area contributed by atoms with Crippen molar-refractivity contribution in [3.63, 3.8) is 0 Å². The lowest BCUT2D eigenvalue weighted by molar-refractivity contribution is -0.132. The molecule has 1 aliphatic rings. The van der Waals surface area contributed by atoms with Crippen molar-refractivity contribution in [1.29, 1.82) is 0 Å². The van der Waals surface area contributed by atoms with Gasteiger partial charge in [0, 0.05) is 38.6 Å². The Morgan fingerprint density at radius 1 is 1.32 bits per heavy atom. The number of amides is 1. The van der Waals surface area contributed by atoms with Crippen molar-refractivity contribution in [3.05, 3.63) is 35.0 Å². The summed E-state index contributed by atoms with van der Waals surface area (Å²) < 4.78 is 2.94. The second-order valence-electron chi connectivity index (χ2n) is 4.52. The molecule has 1 aliphatic heterocycles. The lowest BCUT2D eigenvalue weighted by Gasteiger charge is -2.27. The average molecular weight is 261 g/mol. The van der Waals surface area contributed by atoms with E-state index in [2.05, 4.69) is 10.4 Å². The smallest absolute Gasteiger partial charge is 0.277 e. The number of carbonyl (C=O) groups excluding carboxylic acids is 1. The molecule has 1 fully saturated rings. The van der Waals surface area contributed by atoms with Gasteiger partial charge in [0.15, 0.2) is 0 Å². The molecule has 19 heavy (non-hydrogen) atoms. The SMILES string of the molecule is O=C(Cn1ccn2nccc2c1=O)N1CCNCC1. The minimum Gasteiger partial charge on any atom is -0.339 e. The minimum atomic E-state index is -0.191. The highest BCUT2D eigenvalue weighted by Crippen LogP contribution is 1.98. The molecule has 0 aromatic carbocycles. The van der Waals surface area contributed by atoms with Gasteiger partial charge in [-0.2, -0.15) is 5.10 Å². The summed E-state index contributed by atoms with van der Waals surface area (Å²) >= 11 is 0. The minimum absolute atomic E-state index is 0.0209. The zero-order valence-corrected chi connectivity index (χ0v) is 10.5. The van der Waals surface area contributed by atoms with Gasteiger partial charge in [0.1, 0.15) is 12.1 Å². The van der Waals surface area contributed by atoms with E-state index in [1.807, 2.05) is 0 Å². The Morgan fingerprint density at radius 3 is 2.89 bits per heavy atom. The Kier molecular flexibility index (Phi) is 3.04. The lowest BCUT2D eigenvalue weighted by atomic mass is 10.3. The number of carbonyl (C=O) groups is 1. The fourth-order valence-corrected chi connectivity index (χ4v) is 2.25. The van der Waals surface area contributed by atoms with E-state index in [9.17, 15) is 9.59 Å². The highest BCUT2D eigenvalue weighted by Gasteiger charge is 2.17. The van der Waals surface area contributed by atoms with Crippen molar-refractivity contribution in [2.24, 2.45) is 0 Å². The van der Waals surface area contributed by atoms with Crippen molar-refractivity contribution in [2.45, 2.75) is 6.54 Å². The average Bonchev–Trinajstić information content (AvgIpc) is 2.92. The van der Waals surface area contributed by atoms with E-state index in [0.29, 0.717) is 18.6 Å². The first-order chi connectivity index (χ1) is 9.25. The Hall–Kier alpha value is -2.15. The summed E-state index contributed by atoms with van der Waals surface area (Å²) in [5.74, 6) is -0.0209. The van der Waals surface area contributed by atoms with Crippen LogP contribution in [0.2, 0.25) is 0 Å². The van der Waals surface area contributed by atoms with Crippen LogP contribution < -0.4 is 10.9 Å². The van der Waals surface area contributed by atoms with Gasteiger partial charge in [0.2, 0.25) is 5.91 Å². The van der Waals surface area contributed by atoms with Crippen LogP contribution in [0.1, 0.15) is 0 Å². The molecule has 1 amide bonds. The van der Waals surface area contributed by atoms with Crippen LogP contribution in [0.3, 0.4) is 0 Å². The largest absolute Gasteiger partial charge is 0.339 e. The first kappa shape index (κ1) is 11.9. The fourth-order valence-electron chi connectivity index (χ4n) is 2.25. The second kappa shape index (κ2) is 4.85. The molecule has 0 aliphatic carbocycles. The topological polar surface area (TPSA) is 71.6 Å². The quantitative estimate of drug-likeness (QED) is 0.747. The third kappa shape index (κ3) is 2.24. The molecule has 0 radical (unpaired) electrons. The normalized spacial score (nSPS) is 15.9. The Balaban J connectivity index is 1.82. The Morgan fingerprint density at radius 2 is 2.11 bits per heavy atom. The summed E-state index contributed by atoms with van der Waals surface area (Å²) in [7, 11) is 0. The van der Waals surface area contributed by atoms with Crippen molar-refractivity contribution < 1.29 is 4.79 Å². The molecule has 3 heterocycles. The zero-order valence-electron chi connectivity index (χ0n) is 10.5. The maximum Gasteiger partial charge on any atom is 0.277 e. The molecular formula is C12H15N5O2. The number of nitrogens with one attached hydrogen (secondary N) is 1. The van der Waals surface area contributed by atoms with Gasteiger partial charge in [-0.15, -0.1) is 0 Å². The van der Waals surface area contributed by atoms with Crippen molar-refractivity contribution in [2.75, 3.05) is 26.2 Å². The van der Waals surface area contributed by atoms with Crippen LogP contribution in [0, 0.1) is 0 Å². The van der Waals surface area contributed by atoms with E-state index >= 15 is 0 Å². The van der Waals surface area contributed by atoms with Crippen LogP contribution in [0.25, 0.3) is 5.52 Å². The van der Waals surface area contributed by atoms with Gasteiger partial charge in [-0.3, -0.25) is 9.59 Å². The van der Waals surface area contributed by atoms with E-state index in [-0.39, 0.29) is 18.0 Å². The van der Waals surface area contributed by atoms with Gasteiger partial charge in [0.05, 0.1) is 6.20 Å². The van der Waals surface area contributed by atoms with Gasteiger partial charge >= 0.3 is 0 Å². The molecule has 1 saturated heterocycles. The predicted molar refractivity (Wildman–Crippen MR) is 68.9 cm³/mol. The molecule has 0 bridgehead atoms. The molecule has 0 unspecified atom stereocenters. The first-order valence-corrected chi connectivity index (χ1v) is 6.27. The summed E-state index contributed by atoms with van der Waals surface area (Å²) in [5, 5.41) is 7.18. The van der Waals surface area contributed by atoms with Crippen LogP contribution in [0.4, 0.5) is 0 Å². The number of rotatable bonds is 2. The number of aromatic nitrogens is 3. The standard InChI is InChI=1S/C12H15N5O2/c18-11(15-5-3-13-4-6-15)9-16-7-8-17-10(12(16)19)1-2-14-17/h1-2,7-8,13H,3-6,9H2. The van der Waals surface area contributed by atoms with E-state index in [4.69, 9.17) is 0 Å². The molecule has 0 saturated carbocycles. The van der Waals surface area contributed by atoms with Crippen molar-refractivity contribution >= 4 is 11.4 Å². The number of nitrogens with zero attached hydrogens (tertiary/aromatic N) is 4. The number of piperazine rings is 1. The number of fused-ring (bicyclic) bond motifs is 1. The highest BCUT2D eigenvalue weighted by molar-refractivity contribution is 5.76. The molecule has 7 heteroatoms.